The van der Waals surface area contributed by atoms with Gasteiger partial charge in [-0.2, -0.15) is 13.2 Å². The lowest BCUT2D eigenvalue weighted by Crippen LogP contribution is -2.40. The average Bonchev–Trinajstić information content (AvgIpc) is 2.14. The summed E-state index contributed by atoms with van der Waals surface area (Å²) in [6.07, 6.45) is -3.57. The number of hydrogen-bond donors (Lipinski definition) is 1. The lowest BCUT2D eigenvalue weighted by Gasteiger charge is -2.20. The molecule has 0 atom stereocenters. The van der Waals surface area contributed by atoms with Gasteiger partial charge in [0.05, 0.1) is 5.56 Å². The summed E-state index contributed by atoms with van der Waals surface area (Å²) < 4.78 is 36.7. The van der Waals surface area contributed by atoms with Gasteiger partial charge in [0.25, 0.3) is 5.91 Å². The van der Waals surface area contributed by atoms with Gasteiger partial charge in [-0.05, 0) is 32.9 Å². The minimum Gasteiger partial charge on any atom is -0.347 e. The normalized spacial score (nSPS) is 12.4. The first-order valence-corrected chi connectivity index (χ1v) is 4.95. The molecule has 1 rings (SSSR count). The highest BCUT2D eigenvalue weighted by molar-refractivity contribution is 5.94. The molecule has 0 unspecified atom stereocenters. The van der Waals surface area contributed by atoms with Gasteiger partial charge < -0.3 is 5.32 Å². The predicted octanol–water partition coefficient (Wildman–Crippen LogP) is 2.63. The minimum atomic E-state index is -4.49. The second-order valence-corrected chi connectivity index (χ2v) is 4.63. The van der Waals surface area contributed by atoms with Gasteiger partial charge in [0, 0.05) is 11.7 Å². The third-order valence-electron chi connectivity index (χ3n) is 1.80. The number of halogens is 3. The van der Waals surface area contributed by atoms with Crippen molar-refractivity contribution in [2.45, 2.75) is 32.5 Å². The van der Waals surface area contributed by atoms with E-state index in [1.54, 1.807) is 20.8 Å². The molecule has 1 N–H and O–H groups in total. The monoisotopic (exact) mass is 246 g/mol. The van der Waals surface area contributed by atoms with E-state index in [0.29, 0.717) is 0 Å². The highest BCUT2D eigenvalue weighted by Gasteiger charge is 2.32. The zero-order valence-electron chi connectivity index (χ0n) is 9.72. The van der Waals surface area contributed by atoms with Gasteiger partial charge in [-0.3, -0.25) is 9.78 Å². The Kier molecular flexibility index (Phi) is 3.45. The van der Waals surface area contributed by atoms with Gasteiger partial charge in [0.15, 0.2) is 0 Å². The van der Waals surface area contributed by atoms with Crippen molar-refractivity contribution >= 4 is 5.91 Å². The molecular weight excluding hydrogens is 233 g/mol. The van der Waals surface area contributed by atoms with Crippen LogP contribution in [0.3, 0.4) is 0 Å². The summed E-state index contributed by atoms with van der Waals surface area (Å²) in [4.78, 5) is 14.8. The van der Waals surface area contributed by atoms with Gasteiger partial charge >= 0.3 is 6.18 Å². The maximum atomic E-state index is 12.2. The average molecular weight is 246 g/mol. The van der Waals surface area contributed by atoms with Crippen molar-refractivity contribution in [2.24, 2.45) is 0 Å². The molecule has 0 saturated heterocycles. The molecule has 1 aromatic heterocycles. The number of carbonyl (C=O) groups is 1. The number of carbonyl (C=O) groups excluding carboxylic acids is 1. The molecule has 0 aliphatic heterocycles. The molecule has 0 aliphatic rings. The summed E-state index contributed by atoms with van der Waals surface area (Å²) in [5.74, 6) is -0.446. The van der Waals surface area contributed by atoms with Crippen LogP contribution in [-0.2, 0) is 6.18 Å². The first kappa shape index (κ1) is 13.5. The molecule has 1 amide bonds. The summed E-state index contributed by atoms with van der Waals surface area (Å²) in [6, 6.07) is 1.90. The fraction of sp³-hybridized carbons (Fsp3) is 0.455. The number of pyridine rings is 1. The number of aromatic nitrogens is 1. The molecule has 6 heteroatoms. The lowest BCUT2D eigenvalue weighted by atomic mass is 10.1. The predicted molar refractivity (Wildman–Crippen MR) is 56.5 cm³/mol. The zero-order chi connectivity index (χ0) is 13.3. The van der Waals surface area contributed by atoms with Gasteiger partial charge in [0.1, 0.15) is 5.69 Å². The van der Waals surface area contributed by atoms with Crippen molar-refractivity contribution in [1.82, 2.24) is 10.3 Å². The van der Waals surface area contributed by atoms with Crippen LogP contribution >= 0.6 is 0 Å². The minimum absolute atomic E-state index is 0.105. The number of alkyl halides is 3. The summed E-state index contributed by atoms with van der Waals surface area (Å²) in [6.45, 7) is 5.34. The van der Waals surface area contributed by atoms with E-state index < -0.39 is 23.3 Å². The Balaban J connectivity index is 2.85. The van der Waals surface area contributed by atoms with E-state index in [2.05, 4.69) is 10.3 Å². The molecule has 0 bridgehead atoms. The molecule has 1 heterocycles. The van der Waals surface area contributed by atoms with Crippen LogP contribution in [0.1, 0.15) is 36.8 Å². The largest absolute Gasteiger partial charge is 0.433 e. The van der Waals surface area contributed by atoms with Crippen molar-refractivity contribution in [3.8, 4) is 0 Å². The SMILES string of the molecule is CC(C)(C)NC(=O)c1ccc(C(F)(F)F)nc1. The maximum Gasteiger partial charge on any atom is 0.433 e. The standard InChI is InChI=1S/C11H13F3N2O/c1-10(2,3)16-9(17)7-4-5-8(15-6-7)11(12,13)14/h4-6H,1-3H3,(H,16,17). The molecule has 94 valence electrons. The first-order chi connectivity index (χ1) is 7.59. The second kappa shape index (κ2) is 4.35. The smallest absolute Gasteiger partial charge is 0.347 e. The topological polar surface area (TPSA) is 42.0 Å². The Bertz CT molecular complexity index is 404. The molecule has 0 saturated carbocycles. The Labute approximate surface area is 97.0 Å². The molecular formula is C11H13F3N2O. The molecule has 0 fully saturated rings. The Morgan fingerprint density at radius 3 is 2.18 bits per heavy atom. The van der Waals surface area contributed by atoms with Crippen LogP contribution in [-0.4, -0.2) is 16.4 Å². The highest BCUT2D eigenvalue weighted by atomic mass is 19.4. The Hall–Kier alpha value is -1.59. The number of rotatable bonds is 1. The van der Waals surface area contributed by atoms with Gasteiger partial charge in [0.2, 0.25) is 0 Å². The van der Waals surface area contributed by atoms with Crippen LogP contribution in [0.4, 0.5) is 13.2 Å². The molecule has 0 aromatic carbocycles. The third-order valence-corrected chi connectivity index (χ3v) is 1.80. The van der Waals surface area contributed by atoms with E-state index >= 15 is 0 Å². The van der Waals surface area contributed by atoms with Crippen LogP contribution in [0.2, 0.25) is 0 Å². The number of hydrogen-bond acceptors (Lipinski definition) is 2. The third kappa shape index (κ3) is 4.05. The summed E-state index contributed by atoms with van der Waals surface area (Å²) >= 11 is 0. The van der Waals surface area contributed by atoms with E-state index in [9.17, 15) is 18.0 Å². The number of nitrogens with one attached hydrogen (secondary N) is 1. The van der Waals surface area contributed by atoms with Crippen LogP contribution in [0.5, 0.6) is 0 Å². The quantitative estimate of drug-likeness (QED) is 0.827. The molecule has 17 heavy (non-hydrogen) atoms. The first-order valence-electron chi connectivity index (χ1n) is 4.95. The van der Waals surface area contributed by atoms with E-state index in [1.807, 2.05) is 0 Å². The molecule has 3 nitrogen and oxygen atoms in total. The van der Waals surface area contributed by atoms with Crippen molar-refractivity contribution < 1.29 is 18.0 Å². The van der Waals surface area contributed by atoms with Crippen LogP contribution < -0.4 is 5.32 Å². The van der Waals surface area contributed by atoms with Gasteiger partial charge in [-0.15, -0.1) is 0 Å². The fourth-order valence-corrected chi connectivity index (χ4v) is 1.11. The van der Waals surface area contributed by atoms with Crippen molar-refractivity contribution in [3.63, 3.8) is 0 Å². The van der Waals surface area contributed by atoms with Crippen molar-refractivity contribution in [3.05, 3.63) is 29.6 Å². The molecule has 1 aromatic rings. The van der Waals surface area contributed by atoms with Gasteiger partial charge in [-0.1, -0.05) is 0 Å². The van der Waals surface area contributed by atoms with E-state index in [4.69, 9.17) is 0 Å². The summed E-state index contributed by atoms with van der Waals surface area (Å²) in [7, 11) is 0. The highest BCUT2D eigenvalue weighted by Crippen LogP contribution is 2.27. The zero-order valence-corrected chi connectivity index (χ0v) is 9.72. The van der Waals surface area contributed by atoms with Crippen LogP contribution in [0.25, 0.3) is 0 Å². The Morgan fingerprint density at radius 2 is 1.82 bits per heavy atom. The van der Waals surface area contributed by atoms with Crippen LogP contribution in [0.15, 0.2) is 18.3 Å². The van der Waals surface area contributed by atoms with Crippen LogP contribution in [0, 0.1) is 0 Å². The fourth-order valence-electron chi connectivity index (χ4n) is 1.11. The van der Waals surface area contributed by atoms with E-state index in [-0.39, 0.29) is 5.56 Å². The molecule has 0 aliphatic carbocycles. The summed E-state index contributed by atoms with van der Waals surface area (Å²) in [5.41, 5.74) is -1.35. The molecule has 0 spiro atoms. The summed E-state index contributed by atoms with van der Waals surface area (Å²) in [5, 5.41) is 2.63. The maximum absolute atomic E-state index is 12.2. The second-order valence-electron chi connectivity index (χ2n) is 4.63. The van der Waals surface area contributed by atoms with Crippen molar-refractivity contribution in [2.75, 3.05) is 0 Å². The lowest BCUT2D eigenvalue weighted by molar-refractivity contribution is -0.141. The molecule has 0 radical (unpaired) electrons. The van der Waals surface area contributed by atoms with Gasteiger partial charge in [-0.25, -0.2) is 0 Å². The van der Waals surface area contributed by atoms with E-state index in [1.165, 1.54) is 0 Å². The number of amides is 1. The van der Waals surface area contributed by atoms with E-state index in [0.717, 1.165) is 18.3 Å². The number of nitrogens with zero attached hydrogens (tertiary/aromatic N) is 1. The Morgan fingerprint density at radius 1 is 1.24 bits per heavy atom. The van der Waals surface area contributed by atoms with Crippen molar-refractivity contribution in [1.29, 1.82) is 0 Å².